The molecule has 138 valence electrons. The number of esters is 2. The molecule has 0 aliphatic heterocycles. The van der Waals surface area contributed by atoms with E-state index in [1.807, 2.05) is 0 Å². The lowest BCUT2D eigenvalue weighted by molar-refractivity contribution is -0.118. The summed E-state index contributed by atoms with van der Waals surface area (Å²) in [5, 5.41) is 9.63. The van der Waals surface area contributed by atoms with E-state index in [0.717, 1.165) is 0 Å². The van der Waals surface area contributed by atoms with Crippen molar-refractivity contribution in [3.63, 3.8) is 0 Å². The van der Waals surface area contributed by atoms with Crippen LogP contribution in [0.5, 0.6) is 0 Å². The molecular weight excluding hydrogens is 340 g/mol. The first-order valence-corrected chi connectivity index (χ1v) is 7.68. The van der Waals surface area contributed by atoms with Crippen molar-refractivity contribution in [3.8, 4) is 0 Å². The van der Waals surface area contributed by atoms with Gasteiger partial charge in [-0.2, -0.15) is 5.10 Å². The van der Waals surface area contributed by atoms with Gasteiger partial charge in [-0.05, 0) is 25.2 Å². The van der Waals surface area contributed by atoms with Gasteiger partial charge in [0.15, 0.2) is 0 Å². The summed E-state index contributed by atoms with van der Waals surface area (Å²) in [6, 6.07) is 3.52. The summed E-state index contributed by atoms with van der Waals surface area (Å²) in [6.07, 6.45) is 3.29. The zero-order chi connectivity index (χ0) is 19.3. The van der Waals surface area contributed by atoms with Crippen LogP contribution in [0.25, 0.3) is 0 Å². The Morgan fingerprint density at radius 1 is 1.08 bits per heavy atom. The number of carbonyl (C=O) groups excluding carboxylic acids is 3. The van der Waals surface area contributed by atoms with E-state index in [0.29, 0.717) is 5.56 Å². The van der Waals surface area contributed by atoms with Gasteiger partial charge in [-0.3, -0.25) is 9.48 Å². The molecule has 2 rings (SSSR count). The normalized spacial score (nSPS) is 11.5. The third-order valence-electron chi connectivity index (χ3n) is 3.65. The molecular formula is C17H20N4O5. The summed E-state index contributed by atoms with van der Waals surface area (Å²) < 4.78 is 10.9. The maximum Gasteiger partial charge on any atom is 0.337 e. The second-order valence-corrected chi connectivity index (χ2v) is 5.44. The smallest absolute Gasteiger partial charge is 0.337 e. The van der Waals surface area contributed by atoms with Gasteiger partial charge in [0.2, 0.25) is 5.91 Å². The summed E-state index contributed by atoms with van der Waals surface area (Å²) in [5.41, 5.74) is 1.17. The molecule has 0 saturated heterocycles. The van der Waals surface area contributed by atoms with E-state index in [-0.39, 0.29) is 22.7 Å². The van der Waals surface area contributed by atoms with E-state index in [1.54, 1.807) is 31.2 Å². The number of hydrogen-bond donors (Lipinski definition) is 2. The Labute approximate surface area is 150 Å². The molecule has 9 nitrogen and oxygen atoms in total. The third kappa shape index (κ3) is 4.25. The van der Waals surface area contributed by atoms with Gasteiger partial charge in [0.25, 0.3) is 0 Å². The van der Waals surface area contributed by atoms with Crippen LogP contribution in [0.4, 0.5) is 5.69 Å². The van der Waals surface area contributed by atoms with Crippen LogP contribution in [0.1, 0.15) is 32.3 Å². The first kappa shape index (κ1) is 19.1. The fourth-order valence-electron chi connectivity index (χ4n) is 2.42. The van der Waals surface area contributed by atoms with Crippen molar-refractivity contribution >= 4 is 23.5 Å². The van der Waals surface area contributed by atoms with Crippen molar-refractivity contribution in [1.29, 1.82) is 0 Å². The van der Waals surface area contributed by atoms with E-state index in [2.05, 4.69) is 25.2 Å². The number of carbonyl (C=O) groups is 3. The first-order valence-electron chi connectivity index (χ1n) is 7.68. The van der Waals surface area contributed by atoms with E-state index < -0.39 is 18.0 Å². The maximum atomic E-state index is 12.6. The number of nitrogens with zero attached hydrogens (tertiary/aromatic N) is 2. The fraction of sp³-hybridized carbons (Fsp3) is 0.294. The molecule has 2 aromatic rings. The second-order valence-electron chi connectivity index (χ2n) is 5.44. The van der Waals surface area contributed by atoms with Gasteiger partial charge in [0.1, 0.15) is 6.04 Å². The number of aryl methyl sites for hydroxylation is 1. The predicted octanol–water partition coefficient (Wildman–Crippen LogP) is 0.892. The first-order chi connectivity index (χ1) is 12.4. The van der Waals surface area contributed by atoms with Crippen LogP contribution in [0.15, 0.2) is 30.6 Å². The Bertz CT molecular complexity index is 796. The van der Waals surface area contributed by atoms with E-state index in [9.17, 15) is 14.4 Å². The van der Waals surface area contributed by atoms with E-state index in [1.165, 1.54) is 32.4 Å². The van der Waals surface area contributed by atoms with Gasteiger partial charge >= 0.3 is 11.9 Å². The molecule has 2 N–H and O–H groups in total. The lowest BCUT2D eigenvalue weighted by Crippen LogP contribution is -2.30. The molecule has 0 aliphatic carbocycles. The molecule has 9 heteroatoms. The molecule has 26 heavy (non-hydrogen) atoms. The van der Waals surface area contributed by atoms with Crippen LogP contribution < -0.4 is 10.6 Å². The largest absolute Gasteiger partial charge is 0.465 e. The van der Waals surface area contributed by atoms with Crippen LogP contribution in [0, 0.1) is 0 Å². The molecule has 1 amide bonds. The Kier molecular flexibility index (Phi) is 6.07. The predicted molar refractivity (Wildman–Crippen MR) is 92.8 cm³/mol. The molecule has 0 spiro atoms. The molecule has 0 fully saturated rings. The van der Waals surface area contributed by atoms with Gasteiger partial charge in [-0.1, -0.05) is 0 Å². The minimum Gasteiger partial charge on any atom is -0.465 e. The summed E-state index contributed by atoms with van der Waals surface area (Å²) >= 11 is 0. The van der Waals surface area contributed by atoms with Crippen molar-refractivity contribution < 1.29 is 23.9 Å². The number of methoxy groups -OCH3 is 2. The molecule has 0 radical (unpaired) electrons. The van der Waals surface area contributed by atoms with Crippen molar-refractivity contribution in [3.05, 3.63) is 47.3 Å². The van der Waals surface area contributed by atoms with Gasteiger partial charge in [-0.15, -0.1) is 0 Å². The monoisotopic (exact) mass is 360 g/mol. The van der Waals surface area contributed by atoms with Crippen LogP contribution in [-0.2, 0) is 21.3 Å². The van der Waals surface area contributed by atoms with Crippen molar-refractivity contribution in [1.82, 2.24) is 15.1 Å². The Morgan fingerprint density at radius 2 is 1.65 bits per heavy atom. The summed E-state index contributed by atoms with van der Waals surface area (Å²) in [6.45, 7) is 0. The van der Waals surface area contributed by atoms with Gasteiger partial charge in [0.05, 0.1) is 31.5 Å². The van der Waals surface area contributed by atoms with Gasteiger partial charge in [-0.25, -0.2) is 9.59 Å². The quantitative estimate of drug-likeness (QED) is 0.736. The molecule has 0 bridgehead atoms. The van der Waals surface area contributed by atoms with Crippen molar-refractivity contribution in [2.24, 2.45) is 7.05 Å². The molecule has 1 heterocycles. The average Bonchev–Trinajstić information content (AvgIpc) is 3.06. The standard InChI is InChI=1S/C17H20N4O5/c1-18-14(12-8-19-21(2)9-12)15(22)20-13-6-10(16(23)25-3)5-11(7-13)17(24)26-4/h5-9,14,18H,1-4H3,(H,20,22). The van der Waals surface area contributed by atoms with Gasteiger partial charge in [0, 0.05) is 24.5 Å². The summed E-state index contributed by atoms with van der Waals surface area (Å²) in [4.78, 5) is 36.2. The fourth-order valence-corrected chi connectivity index (χ4v) is 2.42. The number of benzene rings is 1. The number of hydrogen-bond acceptors (Lipinski definition) is 7. The average molecular weight is 360 g/mol. The highest BCUT2D eigenvalue weighted by Crippen LogP contribution is 2.20. The van der Waals surface area contributed by atoms with Gasteiger partial charge < -0.3 is 20.1 Å². The molecule has 0 saturated carbocycles. The van der Waals surface area contributed by atoms with Crippen LogP contribution in [0.2, 0.25) is 0 Å². The lowest BCUT2D eigenvalue weighted by Gasteiger charge is -2.15. The van der Waals surface area contributed by atoms with E-state index in [4.69, 9.17) is 0 Å². The number of likely N-dealkylation sites (N-methyl/N-ethyl adjacent to an activating group) is 1. The van der Waals surface area contributed by atoms with E-state index >= 15 is 0 Å². The number of rotatable bonds is 6. The summed E-state index contributed by atoms with van der Waals surface area (Å²) in [5.74, 6) is -1.65. The number of nitrogens with one attached hydrogen (secondary N) is 2. The number of anilines is 1. The molecule has 1 aromatic heterocycles. The minimum absolute atomic E-state index is 0.119. The highest BCUT2D eigenvalue weighted by molar-refractivity contribution is 6.00. The molecule has 1 unspecified atom stereocenters. The second kappa shape index (κ2) is 8.26. The Morgan fingerprint density at radius 3 is 2.08 bits per heavy atom. The number of aromatic nitrogens is 2. The van der Waals surface area contributed by atoms with Crippen LogP contribution in [0.3, 0.4) is 0 Å². The minimum atomic E-state index is -0.660. The molecule has 0 aliphatic rings. The lowest BCUT2D eigenvalue weighted by atomic mass is 10.1. The number of ether oxygens (including phenoxy) is 2. The number of amides is 1. The van der Waals surface area contributed by atoms with Crippen molar-refractivity contribution in [2.45, 2.75) is 6.04 Å². The topological polar surface area (TPSA) is 112 Å². The maximum absolute atomic E-state index is 12.6. The summed E-state index contributed by atoms with van der Waals surface area (Å²) in [7, 11) is 5.84. The zero-order valence-electron chi connectivity index (χ0n) is 14.9. The van der Waals surface area contributed by atoms with Crippen LogP contribution in [-0.4, -0.2) is 48.9 Å². The highest BCUT2D eigenvalue weighted by atomic mass is 16.5. The third-order valence-corrected chi connectivity index (χ3v) is 3.65. The van der Waals surface area contributed by atoms with Crippen LogP contribution >= 0.6 is 0 Å². The molecule has 1 aromatic carbocycles. The highest BCUT2D eigenvalue weighted by Gasteiger charge is 2.21. The van der Waals surface area contributed by atoms with Crippen molar-refractivity contribution in [2.75, 3.05) is 26.6 Å². The Balaban J connectivity index is 2.33. The zero-order valence-corrected chi connectivity index (χ0v) is 14.9. The SMILES string of the molecule is CNC(C(=O)Nc1cc(C(=O)OC)cc(C(=O)OC)c1)c1cnn(C)c1. The Hall–Kier alpha value is -3.20. The molecule has 1 atom stereocenters.